The molecule has 0 aromatic heterocycles. The van der Waals surface area contributed by atoms with Crippen LogP contribution < -0.4 is 0 Å². The first kappa shape index (κ1) is 14.3. The van der Waals surface area contributed by atoms with E-state index in [2.05, 4.69) is 4.90 Å². The molecule has 0 unspecified atom stereocenters. The SMILES string of the molecule is CN(C)C1CCN(S(=O)(=O)c2ccccc2O)CC1. The highest BCUT2D eigenvalue weighted by molar-refractivity contribution is 7.89. The van der Waals surface area contributed by atoms with Crippen molar-refractivity contribution in [3.05, 3.63) is 24.3 Å². The van der Waals surface area contributed by atoms with Crippen molar-refractivity contribution in [2.75, 3.05) is 27.2 Å². The number of piperidine rings is 1. The number of sulfonamides is 1. The third-order valence-electron chi connectivity index (χ3n) is 3.64. The molecule has 1 heterocycles. The lowest BCUT2D eigenvalue weighted by Gasteiger charge is -2.34. The van der Waals surface area contributed by atoms with E-state index in [1.165, 1.54) is 16.4 Å². The first-order valence-electron chi connectivity index (χ1n) is 6.37. The van der Waals surface area contributed by atoms with Gasteiger partial charge in [-0.05, 0) is 39.1 Å². The molecule has 1 aromatic rings. The molecule has 1 aromatic carbocycles. The third kappa shape index (κ3) is 2.91. The predicted molar refractivity (Wildman–Crippen MR) is 73.6 cm³/mol. The Kier molecular flexibility index (Phi) is 4.13. The van der Waals surface area contributed by atoms with E-state index in [4.69, 9.17) is 0 Å². The van der Waals surface area contributed by atoms with Gasteiger partial charge < -0.3 is 10.0 Å². The van der Waals surface area contributed by atoms with Gasteiger partial charge in [0.05, 0.1) is 0 Å². The molecule has 1 saturated heterocycles. The molecule has 1 aliphatic rings. The quantitative estimate of drug-likeness (QED) is 0.903. The number of hydrogen-bond acceptors (Lipinski definition) is 4. The van der Waals surface area contributed by atoms with E-state index in [9.17, 15) is 13.5 Å². The van der Waals surface area contributed by atoms with Crippen molar-refractivity contribution in [2.24, 2.45) is 0 Å². The molecule has 0 amide bonds. The molecule has 106 valence electrons. The number of phenolic OH excluding ortho intramolecular Hbond substituents is 1. The summed E-state index contributed by atoms with van der Waals surface area (Å²) in [5.41, 5.74) is 0. The van der Waals surface area contributed by atoms with Crippen LogP contribution in [0.3, 0.4) is 0 Å². The molecule has 0 atom stereocenters. The largest absolute Gasteiger partial charge is 0.507 e. The molecular formula is C13H20N2O3S. The highest BCUT2D eigenvalue weighted by Gasteiger charge is 2.31. The second-order valence-electron chi connectivity index (χ2n) is 5.07. The van der Waals surface area contributed by atoms with Gasteiger partial charge in [0, 0.05) is 19.1 Å². The summed E-state index contributed by atoms with van der Waals surface area (Å²) in [6.07, 6.45) is 1.64. The first-order valence-corrected chi connectivity index (χ1v) is 7.81. The summed E-state index contributed by atoms with van der Waals surface area (Å²) in [4.78, 5) is 2.13. The minimum Gasteiger partial charge on any atom is -0.507 e. The van der Waals surface area contributed by atoms with E-state index in [0.717, 1.165) is 12.8 Å². The van der Waals surface area contributed by atoms with Gasteiger partial charge in [0.15, 0.2) is 0 Å². The van der Waals surface area contributed by atoms with Crippen molar-refractivity contribution in [1.29, 1.82) is 0 Å². The molecule has 1 aliphatic heterocycles. The van der Waals surface area contributed by atoms with Crippen LogP contribution in [0.1, 0.15) is 12.8 Å². The summed E-state index contributed by atoms with van der Waals surface area (Å²) in [7, 11) is 0.446. The zero-order valence-electron chi connectivity index (χ0n) is 11.3. The van der Waals surface area contributed by atoms with Crippen LogP contribution in [0.4, 0.5) is 0 Å². The maximum absolute atomic E-state index is 12.4. The molecule has 6 heteroatoms. The van der Waals surface area contributed by atoms with Crippen LogP contribution in [0, 0.1) is 0 Å². The van der Waals surface area contributed by atoms with Gasteiger partial charge in [-0.15, -0.1) is 0 Å². The lowest BCUT2D eigenvalue weighted by molar-refractivity contribution is 0.196. The Balaban J connectivity index is 2.17. The van der Waals surface area contributed by atoms with Crippen molar-refractivity contribution >= 4 is 10.0 Å². The van der Waals surface area contributed by atoms with Crippen LogP contribution in [0.2, 0.25) is 0 Å². The average molecular weight is 284 g/mol. The fraction of sp³-hybridized carbons (Fsp3) is 0.538. The van der Waals surface area contributed by atoms with Crippen molar-refractivity contribution in [3.63, 3.8) is 0 Å². The topological polar surface area (TPSA) is 60.9 Å². The first-order chi connectivity index (χ1) is 8.93. The Morgan fingerprint density at radius 1 is 1.21 bits per heavy atom. The summed E-state index contributed by atoms with van der Waals surface area (Å²) in [6, 6.07) is 6.52. The van der Waals surface area contributed by atoms with E-state index in [-0.39, 0.29) is 10.6 Å². The molecule has 0 bridgehead atoms. The fourth-order valence-corrected chi connectivity index (χ4v) is 3.97. The molecule has 1 N–H and O–H groups in total. The van der Waals surface area contributed by atoms with Crippen LogP contribution in [0.15, 0.2) is 29.2 Å². The Morgan fingerprint density at radius 3 is 2.32 bits per heavy atom. The summed E-state index contributed by atoms with van der Waals surface area (Å²) in [6.45, 7) is 0.999. The number of phenols is 1. The van der Waals surface area contributed by atoms with Crippen molar-refractivity contribution in [1.82, 2.24) is 9.21 Å². The van der Waals surface area contributed by atoms with Crippen LogP contribution in [0.25, 0.3) is 0 Å². The molecule has 0 radical (unpaired) electrons. The Labute approximate surface area is 114 Å². The summed E-state index contributed by atoms with van der Waals surface area (Å²) >= 11 is 0. The van der Waals surface area contributed by atoms with Crippen LogP contribution >= 0.6 is 0 Å². The van der Waals surface area contributed by atoms with E-state index < -0.39 is 10.0 Å². The molecule has 0 saturated carbocycles. The number of hydrogen-bond donors (Lipinski definition) is 1. The smallest absolute Gasteiger partial charge is 0.246 e. The van der Waals surface area contributed by atoms with Crippen LogP contribution in [-0.4, -0.2) is 56.0 Å². The van der Waals surface area contributed by atoms with Gasteiger partial charge in [0.25, 0.3) is 0 Å². The number of benzene rings is 1. The number of rotatable bonds is 3. The molecule has 0 aliphatic carbocycles. The minimum absolute atomic E-state index is 0.00157. The maximum atomic E-state index is 12.4. The summed E-state index contributed by atoms with van der Waals surface area (Å²) in [5.74, 6) is -0.183. The van der Waals surface area contributed by atoms with Gasteiger partial charge >= 0.3 is 0 Å². The normalized spacial score (nSPS) is 18.9. The Hall–Kier alpha value is -1.11. The number of aromatic hydroxyl groups is 1. The van der Waals surface area contributed by atoms with E-state index in [0.29, 0.717) is 19.1 Å². The fourth-order valence-electron chi connectivity index (χ4n) is 2.41. The second-order valence-corrected chi connectivity index (χ2v) is 6.97. The van der Waals surface area contributed by atoms with Crippen molar-refractivity contribution < 1.29 is 13.5 Å². The molecule has 19 heavy (non-hydrogen) atoms. The van der Waals surface area contributed by atoms with Gasteiger partial charge in [-0.2, -0.15) is 4.31 Å². The van der Waals surface area contributed by atoms with Gasteiger partial charge in [-0.25, -0.2) is 8.42 Å². The lowest BCUT2D eigenvalue weighted by atomic mass is 10.1. The van der Waals surface area contributed by atoms with Crippen LogP contribution in [0.5, 0.6) is 5.75 Å². The Morgan fingerprint density at radius 2 is 1.79 bits per heavy atom. The van der Waals surface area contributed by atoms with Gasteiger partial charge in [0.2, 0.25) is 10.0 Å². The number of nitrogens with zero attached hydrogens (tertiary/aromatic N) is 2. The molecule has 0 spiro atoms. The molecule has 1 fully saturated rings. The standard InChI is InChI=1S/C13H20N2O3S/c1-14(2)11-7-9-15(10-8-11)19(17,18)13-6-4-3-5-12(13)16/h3-6,11,16H,7-10H2,1-2H3. The molecular weight excluding hydrogens is 264 g/mol. The third-order valence-corrected chi connectivity index (χ3v) is 5.58. The van der Waals surface area contributed by atoms with Crippen molar-refractivity contribution in [2.45, 2.75) is 23.8 Å². The van der Waals surface area contributed by atoms with E-state index in [1.807, 2.05) is 14.1 Å². The predicted octanol–water partition coefficient (Wildman–Crippen LogP) is 1.11. The second kappa shape index (κ2) is 5.48. The zero-order valence-corrected chi connectivity index (χ0v) is 12.1. The highest BCUT2D eigenvalue weighted by Crippen LogP contribution is 2.27. The van der Waals surface area contributed by atoms with Crippen LogP contribution in [-0.2, 0) is 10.0 Å². The molecule has 2 rings (SSSR count). The van der Waals surface area contributed by atoms with Gasteiger partial charge in [-0.3, -0.25) is 0 Å². The van der Waals surface area contributed by atoms with E-state index >= 15 is 0 Å². The average Bonchev–Trinajstić information content (AvgIpc) is 2.39. The van der Waals surface area contributed by atoms with Gasteiger partial charge in [-0.1, -0.05) is 12.1 Å². The number of para-hydroxylation sites is 1. The van der Waals surface area contributed by atoms with E-state index in [1.54, 1.807) is 12.1 Å². The highest BCUT2D eigenvalue weighted by atomic mass is 32.2. The van der Waals surface area contributed by atoms with Gasteiger partial charge in [0.1, 0.15) is 10.6 Å². The molecule has 5 nitrogen and oxygen atoms in total. The lowest BCUT2D eigenvalue weighted by Crippen LogP contribution is -2.44. The Bertz CT molecular complexity index is 535. The minimum atomic E-state index is -3.58. The monoisotopic (exact) mass is 284 g/mol. The maximum Gasteiger partial charge on any atom is 0.246 e. The zero-order chi connectivity index (χ0) is 14.0. The van der Waals surface area contributed by atoms with Crippen molar-refractivity contribution in [3.8, 4) is 5.75 Å². The summed E-state index contributed by atoms with van der Waals surface area (Å²) < 4.78 is 26.3. The summed E-state index contributed by atoms with van der Waals surface area (Å²) in [5, 5.41) is 9.70.